The molecule has 13 heteroatoms. The molecule has 10 nitrogen and oxygen atoms in total. The fraction of sp³-hybridized carbons (Fsp3) is 0.385. The van der Waals surface area contributed by atoms with E-state index in [9.17, 15) is 24.1 Å². The molecule has 3 heterocycles. The van der Waals surface area contributed by atoms with Gasteiger partial charge in [-0.3, -0.25) is 0 Å². The maximum absolute atomic E-state index is 14.2. The van der Waals surface area contributed by atoms with E-state index in [1.54, 1.807) is 33.0 Å². The van der Waals surface area contributed by atoms with Gasteiger partial charge in [0.05, 0.1) is 33.7 Å². The summed E-state index contributed by atoms with van der Waals surface area (Å²) in [6, 6.07) is 4.75. The van der Waals surface area contributed by atoms with Gasteiger partial charge in [0.25, 0.3) is 0 Å². The van der Waals surface area contributed by atoms with Gasteiger partial charge in [-0.1, -0.05) is 6.07 Å². The largest absolute Gasteiger partial charge is 0.390 e. The third kappa shape index (κ3) is 5.22. The van der Waals surface area contributed by atoms with Crippen LogP contribution in [0.5, 0.6) is 0 Å². The lowest BCUT2D eigenvalue weighted by atomic mass is 9.88. The van der Waals surface area contributed by atoms with Crippen molar-refractivity contribution in [1.29, 1.82) is 0 Å². The highest BCUT2D eigenvalue weighted by Gasteiger charge is 2.48. The zero-order valence-electron chi connectivity index (χ0n) is 21.5. The molecule has 5 rings (SSSR count). The average molecular weight is 558 g/mol. The van der Waals surface area contributed by atoms with Gasteiger partial charge in [-0.05, 0) is 45.4 Å². The SMILES string of the molecule is Cc1nc(NCc2c(F)cccc2F)nc(N[C@@H]2C[C@H](C(C)(C)O)C(O)C2O)c1-c1nc2c(N)nccc2s1. The first-order valence-corrected chi connectivity index (χ1v) is 13.2. The number of anilines is 3. The smallest absolute Gasteiger partial charge is 0.225 e. The number of hydrogen-bond donors (Lipinski definition) is 6. The van der Waals surface area contributed by atoms with Gasteiger partial charge in [0.1, 0.15) is 34.1 Å². The van der Waals surface area contributed by atoms with Crippen LogP contribution in [0.4, 0.5) is 26.4 Å². The number of nitrogens with two attached hydrogens (primary N) is 1. The molecule has 0 amide bonds. The lowest BCUT2D eigenvalue weighted by molar-refractivity contribution is -0.0601. The number of halogens is 2. The quantitative estimate of drug-likeness (QED) is 0.199. The van der Waals surface area contributed by atoms with Crippen LogP contribution >= 0.6 is 11.3 Å². The molecule has 4 aromatic rings. The molecular weight excluding hydrogens is 528 g/mol. The fourth-order valence-corrected chi connectivity index (χ4v) is 5.98. The number of aromatic nitrogens is 4. The third-order valence-corrected chi connectivity index (χ3v) is 8.07. The van der Waals surface area contributed by atoms with Gasteiger partial charge in [0, 0.05) is 24.2 Å². The fourth-order valence-electron chi connectivity index (χ4n) is 4.92. The number of aryl methyl sites for hydroxylation is 1. The number of fused-ring (bicyclic) bond motifs is 1. The summed E-state index contributed by atoms with van der Waals surface area (Å²) < 4.78 is 29.2. The minimum absolute atomic E-state index is 0.0933. The first-order chi connectivity index (χ1) is 18.4. The Morgan fingerprint density at radius 2 is 1.82 bits per heavy atom. The van der Waals surface area contributed by atoms with E-state index in [2.05, 4.69) is 30.6 Å². The van der Waals surface area contributed by atoms with E-state index in [0.29, 0.717) is 21.8 Å². The molecule has 0 saturated heterocycles. The van der Waals surface area contributed by atoms with Crippen LogP contribution < -0.4 is 16.4 Å². The monoisotopic (exact) mass is 557 g/mol. The van der Waals surface area contributed by atoms with Crippen molar-refractivity contribution in [3.63, 3.8) is 0 Å². The van der Waals surface area contributed by atoms with Crippen LogP contribution in [0.2, 0.25) is 0 Å². The number of thiazole rings is 1. The highest BCUT2D eigenvalue weighted by Crippen LogP contribution is 2.40. The number of aliphatic hydroxyl groups excluding tert-OH is 2. The zero-order chi connectivity index (χ0) is 28.1. The molecule has 2 unspecified atom stereocenters. The molecule has 1 saturated carbocycles. The predicted octanol–water partition coefficient (Wildman–Crippen LogP) is 3.22. The number of benzene rings is 1. The number of pyridine rings is 1. The molecule has 39 heavy (non-hydrogen) atoms. The minimum Gasteiger partial charge on any atom is -0.390 e. The Morgan fingerprint density at radius 3 is 2.46 bits per heavy atom. The Bertz CT molecular complexity index is 1510. The Morgan fingerprint density at radius 1 is 1.10 bits per heavy atom. The summed E-state index contributed by atoms with van der Waals surface area (Å²) in [4.78, 5) is 17.8. The molecule has 1 fully saturated rings. The number of aliphatic hydroxyl groups is 3. The summed E-state index contributed by atoms with van der Waals surface area (Å²) in [5, 5.41) is 38.6. The number of rotatable bonds is 7. The predicted molar refractivity (Wildman–Crippen MR) is 145 cm³/mol. The molecule has 206 valence electrons. The third-order valence-electron chi connectivity index (χ3n) is 7.04. The maximum Gasteiger partial charge on any atom is 0.225 e. The molecule has 0 bridgehead atoms. The van der Waals surface area contributed by atoms with Crippen molar-refractivity contribution in [3.8, 4) is 10.6 Å². The van der Waals surface area contributed by atoms with Crippen LogP contribution in [0.15, 0.2) is 30.5 Å². The number of nitrogens with zero attached hydrogens (tertiary/aromatic N) is 4. The Labute approximate surface area is 227 Å². The van der Waals surface area contributed by atoms with Crippen molar-refractivity contribution in [2.24, 2.45) is 5.92 Å². The van der Waals surface area contributed by atoms with E-state index in [-0.39, 0.29) is 36.1 Å². The molecule has 1 aliphatic carbocycles. The van der Waals surface area contributed by atoms with Crippen molar-refractivity contribution in [2.75, 3.05) is 16.4 Å². The average Bonchev–Trinajstić information content (AvgIpc) is 3.41. The van der Waals surface area contributed by atoms with E-state index in [1.807, 2.05) is 0 Å². The van der Waals surface area contributed by atoms with Gasteiger partial charge in [-0.25, -0.2) is 23.7 Å². The first-order valence-electron chi connectivity index (χ1n) is 12.4. The zero-order valence-corrected chi connectivity index (χ0v) is 22.3. The van der Waals surface area contributed by atoms with Crippen LogP contribution in [0.3, 0.4) is 0 Å². The molecular formula is C26H29F2N7O3S. The second-order valence-corrected chi connectivity index (χ2v) is 11.2. The molecule has 4 atom stereocenters. The van der Waals surface area contributed by atoms with Crippen LogP contribution in [-0.4, -0.2) is 59.1 Å². The highest BCUT2D eigenvalue weighted by molar-refractivity contribution is 7.21. The Kier molecular flexibility index (Phi) is 7.10. The lowest BCUT2D eigenvalue weighted by Gasteiger charge is -2.28. The Balaban J connectivity index is 1.54. The topological polar surface area (TPSA) is 162 Å². The van der Waals surface area contributed by atoms with Crippen molar-refractivity contribution < 1.29 is 24.1 Å². The number of nitrogen functional groups attached to an aromatic ring is 1. The molecule has 0 aliphatic heterocycles. The van der Waals surface area contributed by atoms with Crippen molar-refractivity contribution >= 4 is 39.1 Å². The van der Waals surface area contributed by atoms with Crippen molar-refractivity contribution in [2.45, 2.75) is 57.6 Å². The summed E-state index contributed by atoms with van der Waals surface area (Å²) in [6.07, 6.45) is -0.509. The molecule has 0 radical (unpaired) electrons. The molecule has 1 aromatic carbocycles. The molecule has 1 aliphatic rings. The summed E-state index contributed by atoms with van der Waals surface area (Å²) in [5.74, 6) is -1.33. The van der Waals surface area contributed by atoms with E-state index >= 15 is 0 Å². The summed E-state index contributed by atoms with van der Waals surface area (Å²) in [6.45, 7) is 4.70. The van der Waals surface area contributed by atoms with Gasteiger partial charge in [-0.15, -0.1) is 11.3 Å². The molecule has 7 N–H and O–H groups in total. The van der Waals surface area contributed by atoms with Crippen molar-refractivity contribution in [1.82, 2.24) is 19.9 Å². The van der Waals surface area contributed by atoms with Gasteiger partial charge in [-0.2, -0.15) is 4.98 Å². The highest BCUT2D eigenvalue weighted by atomic mass is 32.1. The van der Waals surface area contributed by atoms with Crippen molar-refractivity contribution in [3.05, 3.63) is 53.4 Å². The van der Waals surface area contributed by atoms with E-state index in [4.69, 9.17) is 5.73 Å². The van der Waals surface area contributed by atoms with E-state index in [0.717, 1.165) is 4.70 Å². The van der Waals surface area contributed by atoms with Gasteiger partial charge in [0.15, 0.2) is 5.82 Å². The van der Waals surface area contributed by atoms with E-state index in [1.165, 1.54) is 29.5 Å². The second-order valence-electron chi connectivity index (χ2n) is 10.2. The van der Waals surface area contributed by atoms with Crippen LogP contribution in [0, 0.1) is 24.5 Å². The summed E-state index contributed by atoms with van der Waals surface area (Å²) in [5.41, 5.74) is 6.20. The number of hydrogen-bond acceptors (Lipinski definition) is 11. The lowest BCUT2D eigenvalue weighted by Crippen LogP contribution is -2.40. The van der Waals surface area contributed by atoms with Crippen LogP contribution in [-0.2, 0) is 6.54 Å². The standard InChI is InChI=1S/C26H29F2N7O3S/c1-11-18(24-34-19-17(39-24)7-8-30-22(19)29)23(33-16-9-13(26(2,3)38)20(36)21(16)37)35-25(32-11)31-10-12-14(27)5-4-6-15(12)28/h4-8,13,16,20-21,36-38H,9-10H2,1-3H3,(H2,29,30)(H2,31,32,33,35)/t13-,16+,20?,21?/m0/s1. The normalized spacial score (nSPS) is 21.4. The van der Waals surface area contributed by atoms with Crippen LogP contribution in [0.25, 0.3) is 20.8 Å². The maximum atomic E-state index is 14.2. The van der Waals surface area contributed by atoms with Gasteiger partial charge >= 0.3 is 0 Å². The minimum atomic E-state index is -1.23. The molecule has 0 spiro atoms. The molecule has 3 aromatic heterocycles. The van der Waals surface area contributed by atoms with Gasteiger partial charge < -0.3 is 31.7 Å². The first kappa shape index (κ1) is 27.1. The second kappa shape index (κ2) is 10.2. The van der Waals surface area contributed by atoms with Crippen LogP contribution in [0.1, 0.15) is 31.5 Å². The summed E-state index contributed by atoms with van der Waals surface area (Å²) in [7, 11) is 0. The van der Waals surface area contributed by atoms with E-state index < -0.39 is 41.4 Å². The summed E-state index contributed by atoms with van der Waals surface area (Å²) >= 11 is 1.35. The number of nitrogens with one attached hydrogen (secondary N) is 2. The Hall–Kier alpha value is -3.52. The van der Waals surface area contributed by atoms with Gasteiger partial charge in [0.2, 0.25) is 5.95 Å².